The van der Waals surface area contributed by atoms with Crippen molar-refractivity contribution < 1.29 is 19.1 Å². The summed E-state index contributed by atoms with van der Waals surface area (Å²) >= 11 is 4.90. The van der Waals surface area contributed by atoms with Crippen LogP contribution in [-0.2, 0) is 31.9 Å². The zero-order valence-electron chi connectivity index (χ0n) is 11.2. The van der Waals surface area contributed by atoms with Gasteiger partial charge in [-0.2, -0.15) is 0 Å². The number of rotatable bonds is 6. The van der Waals surface area contributed by atoms with Gasteiger partial charge in [-0.3, -0.25) is 9.59 Å². The van der Waals surface area contributed by atoms with Crippen molar-refractivity contribution in [3.63, 3.8) is 0 Å². The minimum atomic E-state index is -0.277. The van der Waals surface area contributed by atoms with Crippen LogP contribution in [0.4, 0.5) is 0 Å². The molecule has 1 aromatic heterocycles. The summed E-state index contributed by atoms with van der Waals surface area (Å²) in [4.78, 5) is 24.0. The number of ether oxygens (including phenoxy) is 2. The van der Waals surface area contributed by atoms with Crippen LogP contribution < -0.4 is 0 Å². The number of hydrogen-bond donors (Lipinski definition) is 0. The minimum Gasteiger partial charge on any atom is -0.466 e. The zero-order valence-corrected chi connectivity index (χ0v) is 13.7. The Morgan fingerprint density at radius 1 is 1.11 bits per heavy atom. The number of thiophene rings is 1. The average Bonchev–Trinajstić information content (AvgIpc) is 2.58. The molecule has 0 N–H and O–H groups in total. The summed E-state index contributed by atoms with van der Waals surface area (Å²) in [5.41, 5.74) is 1.85. The number of carbonyl (C=O) groups excluding carboxylic acids is 2. The van der Waals surface area contributed by atoms with E-state index in [-0.39, 0.29) is 24.8 Å². The number of carbonyl (C=O) groups is 2. The summed E-state index contributed by atoms with van der Waals surface area (Å²) in [6.45, 7) is 6.18. The zero-order chi connectivity index (χ0) is 14.4. The molecule has 0 spiro atoms. The Labute approximate surface area is 125 Å². The maximum Gasteiger partial charge on any atom is 0.311 e. The van der Waals surface area contributed by atoms with Crippen LogP contribution in [-0.4, -0.2) is 25.2 Å². The van der Waals surface area contributed by atoms with Gasteiger partial charge in [0.15, 0.2) is 0 Å². The van der Waals surface area contributed by atoms with Crippen molar-refractivity contribution in [1.29, 1.82) is 0 Å². The molecular formula is C13H17BrO4S. The molecule has 0 fully saturated rings. The number of esters is 2. The fourth-order valence-electron chi connectivity index (χ4n) is 1.65. The van der Waals surface area contributed by atoms with Crippen molar-refractivity contribution in [2.45, 2.75) is 33.6 Å². The highest BCUT2D eigenvalue weighted by atomic mass is 79.9. The van der Waals surface area contributed by atoms with Crippen LogP contribution in [0, 0.1) is 6.92 Å². The summed E-state index contributed by atoms with van der Waals surface area (Å²) < 4.78 is 10.8. The van der Waals surface area contributed by atoms with E-state index < -0.39 is 0 Å². The molecule has 6 heteroatoms. The molecule has 106 valence electrons. The van der Waals surface area contributed by atoms with E-state index in [1.54, 1.807) is 13.8 Å². The van der Waals surface area contributed by atoms with Crippen molar-refractivity contribution in [2.24, 2.45) is 0 Å². The van der Waals surface area contributed by atoms with Crippen molar-refractivity contribution >= 4 is 39.2 Å². The van der Waals surface area contributed by atoms with E-state index in [1.807, 2.05) is 6.92 Å². The fraction of sp³-hybridized carbons (Fsp3) is 0.538. The SMILES string of the molecule is CCOC(=O)Cc1sc(Br)c(C)c1CC(=O)OCC. The monoisotopic (exact) mass is 348 g/mol. The first kappa shape index (κ1) is 16.2. The van der Waals surface area contributed by atoms with Crippen LogP contribution >= 0.6 is 27.3 Å². The molecular weight excluding hydrogens is 332 g/mol. The summed E-state index contributed by atoms with van der Waals surface area (Å²) in [6.07, 6.45) is 0.385. The third-order valence-electron chi connectivity index (χ3n) is 2.53. The van der Waals surface area contributed by atoms with E-state index in [4.69, 9.17) is 9.47 Å². The van der Waals surface area contributed by atoms with Gasteiger partial charge >= 0.3 is 11.9 Å². The molecule has 0 unspecified atom stereocenters. The Balaban J connectivity index is 2.89. The normalized spacial score (nSPS) is 10.3. The van der Waals surface area contributed by atoms with Crippen LogP contribution in [0.5, 0.6) is 0 Å². The summed E-state index contributed by atoms with van der Waals surface area (Å²) in [7, 11) is 0. The van der Waals surface area contributed by atoms with Gasteiger partial charge in [0.25, 0.3) is 0 Å². The lowest BCUT2D eigenvalue weighted by Gasteiger charge is -2.05. The Bertz CT molecular complexity index is 467. The van der Waals surface area contributed by atoms with Crippen molar-refractivity contribution in [1.82, 2.24) is 0 Å². The molecule has 19 heavy (non-hydrogen) atoms. The van der Waals surface area contributed by atoms with Gasteiger partial charge in [0.05, 0.1) is 29.8 Å². The topological polar surface area (TPSA) is 52.6 Å². The van der Waals surface area contributed by atoms with Crippen LogP contribution in [0.25, 0.3) is 0 Å². The smallest absolute Gasteiger partial charge is 0.311 e. The Morgan fingerprint density at radius 2 is 1.63 bits per heavy atom. The highest BCUT2D eigenvalue weighted by Crippen LogP contribution is 2.33. The Kier molecular flexibility index (Phi) is 6.51. The van der Waals surface area contributed by atoms with Gasteiger partial charge in [0.2, 0.25) is 0 Å². The molecule has 1 heterocycles. The molecule has 0 amide bonds. The van der Waals surface area contributed by atoms with E-state index in [1.165, 1.54) is 11.3 Å². The molecule has 0 aliphatic carbocycles. The lowest BCUT2D eigenvalue weighted by Crippen LogP contribution is -2.12. The van der Waals surface area contributed by atoms with Crippen molar-refractivity contribution in [3.8, 4) is 0 Å². The average molecular weight is 349 g/mol. The second kappa shape index (κ2) is 7.65. The van der Waals surface area contributed by atoms with Gasteiger partial charge in [-0.15, -0.1) is 11.3 Å². The Morgan fingerprint density at radius 3 is 2.16 bits per heavy atom. The molecule has 4 nitrogen and oxygen atoms in total. The lowest BCUT2D eigenvalue weighted by atomic mass is 10.1. The van der Waals surface area contributed by atoms with E-state index in [0.29, 0.717) is 13.2 Å². The van der Waals surface area contributed by atoms with Crippen LogP contribution in [0.1, 0.15) is 29.9 Å². The van der Waals surface area contributed by atoms with Crippen molar-refractivity contribution in [3.05, 3.63) is 19.8 Å². The van der Waals surface area contributed by atoms with Crippen LogP contribution in [0.3, 0.4) is 0 Å². The molecule has 0 aliphatic rings. The lowest BCUT2D eigenvalue weighted by molar-refractivity contribution is -0.143. The third-order valence-corrected chi connectivity index (χ3v) is 4.74. The van der Waals surface area contributed by atoms with Gasteiger partial charge in [-0.05, 0) is 47.8 Å². The van der Waals surface area contributed by atoms with Crippen LogP contribution in [0.15, 0.2) is 3.79 Å². The highest BCUT2D eigenvalue weighted by Gasteiger charge is 2.19. The quantitative estimate of drug-likeness (QED) is 0.741. The largest absolute Gasteiger partial charge is 0.466 e. The van der Waals surface area contributed by atoms with E-state index in [2.05, 4.69) is 15.9 Å². The second-order valence-electron chi connectivity index (χ2n) is 3.87. The molecule has 0 aliphatic heterocycles. The maximum atomic E-state index is 11.6. The first-order valence-electron chi connectivity index (χ1n) is 6.07. The predicted octanol–water partition coefficient (Wildman–Crippen LogP) is 3.03. The predicted molar refractivity (Wildman–Crippen MR) is 77.4 cm³/mol. The first-order chi connectivity index (χ1) is 8.99. The molecule has 1 rings (SSSR count). The second-order valence-corrected chi connectivity index (χ2v) is 6.29. The van der Waals surface area contributed by atoms with E-state index in [9.17, 15) is 9.59 Å². The number of hydrogen-bond acceptors (Lipinski definition) is 5. The molecule has 0 saturated heterocycles. The summed E-state index contributed by atoms with van der Waals surface area (Å²) in [5, 5.41) is 0. The minimum absolute atomic E-state index is 0.191. The van der Waals surface area contributed by atoms with E-state index >= 15 is 0 Å². The van der Waals surface area contributed by atoms with Crippen LogP contribution in [0.2, 0.25) is 0 Å². The first-order valence-corrected chi connectivity index (χ1v) is 7.68. The Hall–Kier alpha value is -0.880. The number of halogens is 1. The van der Waals surface area contributed by atoms with Gasteiger partial charge in [0.1, 0.15) is 0 Å². The molecule has 0 bridgehead atoms. The van der Waals surface area contributed by atoms with Gasteiger partial charge in [-0.25, -0.2) is 0 Å². The van der Waals surface area contributed by atoms with Gasteiger partial charge in [-0.1, -0.05) is 0 Å². The standard InChI is InChI=1S/C13H17BrO4S/c1-4-17-11(15)6-9-8(3)13(14)19-10(9)7-12(16)18-5-2/h4-7H2,1-3H3. The maximum absolute atomic E-state index is 11.6. The van der Waals surface area contributed by atoms with Gasteiger partial charge < -0.3 is 9.47 Å². The van der Waals surface area contributed by atoms with E-state index in [0.717, 1.165) is 19.8 Å². The fourth-order valence-corrected chi connectivity index (χ4v) is 3.50. The summed E-state index contributed by atoms with van der Waals surface area (Å²) in [5.74, 6) is -0.553. The molecule has 0 atom stereocenters. The molecule has 0 aromatic carbocycles. The highest BCUT2D eigenvalue weighted by molar-refractivity contribution is 9.11. The molecule has 1 aromatic rings. The molecule has 0 radical (unpaired) electrons. The molecule has 0 saturated carbocycles. The third kappa shape index (κ3) is 4.62. The summed E-state index contributed by atoms with van der Waals surface area (Å²) in [6, 6.07) is 0. The van der Waals surface area contributed by atoms with Crippen molar-refractivity contribution in [2.75, 3.05) is 13.2 Å². The van der Waals surface area contributed by atoms with Gasteiger partial charge in [0, 0.05) is 4.88 Å².